The van der Waals surface area contributed by atoms with Gasteiger partial charge in [-0.15, -0.1) is 0 Å². The number of unbranched alkanes of at least 4 members (excludes halogenated alkanes) is 1. The normalized spacial score (nSPS) is 11.6. The molecule has 0 radical (unpaired) electrons. The highest BCUT2D eigenvalue weighted by Gasteiger charge is 2.09. The van der Waals surface area contributed by atoms with Gasteiger partial charge >= 0.3 is 0 Å². The van der Waals surface area contributed by atoms with Crippen LogP contribution in [0.3, 0.4) is 0 Å². The maximum atomic E-state index is 11.6. The summed E-state index contributed by atoms with van der Waals surface area (Å²) in [7, 11) is 3.59. The Morgan fingerprint density at radius 1 is 1.24 bits per heavy atom. The highest BCUT2D eigenvalue weighted by atomic mass is 35.5. The maximum absolute atomic E-state index is 11.6. The van der Waals surface area contributed by atoms with E-state index in [4.69, 9.17) is 23.2 Å². The Morgan fingerprint density at radius 2 is 2.04 bits per heavy atom. The first-order chi connectivity index (χ1) is 12.0. The van der Waals surface area contributed by atoms with Crippen molar-refractivity contribution in [3.63, 3.8) is 0 Å². The molecule has 0 amide bonds. The first-order valence-corrected chi connectivity index (χ1v) is 8.88. The zero-order valence-electron chi connectivity index (χ0n) is 14.4. The van der Waals surface area contributed by atoms with Crippen LogP contribution >= 0.6 is 23.2 Å². The molecule has 8 heteroatoms. The Kier molecular flexibility index (Phi) is 7.40. The molecule has 0 atom stereocenters. The summed E-state index contributed by atoms with van der Waals surface area (Å²) in [5.74, 6) is 0.713. The predicted octanol–water partition coefficient (Wildman–Crippen LogP) is 2.64. The van der Waals surface area contributed by atoms with E-state index in [1.54, 1.807) is 23.7 Å². The van der Waals surface area contributed by atoms with Crippen molar-refractivity contribution in [2.75, 3.05) is 13.6 Å². The van der Waals surface area contributed by atoms with E-state index in [-0.39, 0.29) is 5.56 Å². The van der Waals surface area contributed by atoms with Gasteiger partial charge in [-0.1, -0.05) is 29.3 Å². The van der Waals surface area contributed by atoms with Crippen LogP contribution in [0.5, 0.6) is 0 Å². The van der Waals surface area contributed by atoms with E-state index >= 15 is 0 Å². The lowest BCUT2D eigenvalue weighted by atomic mass is 10.3. The minimum atomic E-state index is 0.0350. The van der Waals surface area contributed by atoms with E-state index in [0.717, 1.165) is 25.1 Å². The molecule has 2 aromatic rings. The zero-order chi connectivity index (χ0) is 18.2. The van der Waals surface area contributed by atoms with Crippen LogP contribution in [-0.2, 0) is 20.1 Å². The van der Waals surface area contributed by atoms with Crippen molar-refractivity contribution in [3.8, 4) is 0 Å². The number of rotatable bonds is 7. The topological polar surface area (TPSA) is 63.4 Å². The molecule has 0 saturated heterocycles. The smallest absolute Gasteiger partial charge is 0.250 e. The molecule has 0 aliphatic rings. The van der Waals surface area contributed by atoms with E-state index in [1.807, 2.05) is 29.9 Å². The summed E-state index contributed by atoms with van der Waals surface area (Å²) < 4.78 is 3.55. The number of hydrogen-bond donors (Lipinski definition) is 2. The molecule has 2 aromatic heterocycles. The summed E-state index contributed by atoms with van der Waals surface area (Å²) in [6, 6.07) is 7.03. The Morgan fingerprint density at radius 3 is 2.68 bits per heavy atom. The number of nitrogens with one attached hydrogen (secondary N) is 2. The van der Waals surface area contributed by atoms with Crippen LogP contribution < -0.4 is 16.2 Å². The van der Waals surface area contributed by atoms with Gasteiger partial charge in [0.2, 0.25) is 5.56 Å². The van der Waals surface area contributed by atoms with E-state index in [1.165, 1.54) is 0 Å². The number of nitrogens with zero attached hydrogens (tertiary/aromatic N) is 3. The third-order valence-corrected chi connectivity index (χ3v) is 4.74. The summed E-state index contributed by atoms with van der Waals surface area (Å²) in [4.78, 5) is 15.8. The molecule has 6 nitrogen and oxygen atoms in total. The van der Waals surface area contributed by atoms with Crippen LogP contribution in [0.2, 0.25) is 10.2 Å². The molecule has 0 aromatic carbocycles. The molecule has 0 aliphatic carbocycles. The number of aromatic nitrogens is 2. The second-order valence-electron chi connectivity index (χ2n) is 5.63. The fourth-order valence-corrected chi connectivity index (χ4v) is 2.83. The van der Waals surface area contributed by atoms with Crippen molar-refractivity contribution in [3.05, 3.63) is 56.7 Å². The van der Waals surface area contributed by atoms with Crippen LogP contribution in [0.1, 0.15) is 18.5 Å². The lowest BCUT2D eigenvalue weighted by Crippen LogP contribution is -2.37. The van der Waals surface area contributed by atoms with Gasteiger partial charge in [0, 0.05) is 45.1 Å². The van der Waals surface area contributed by atoms with Gasteiger partial charge in [0.15, 0.2) is 5.96 Å². The first kappa shape index (κ1) is 19.4. The first-order valence-electron chi connectivity index (χ1n) is 8.12. The molecule has 0 unspecified atom stereocenters. The fourth-order valence-electron chi connectivity index (χ4n) is 2.41. The van der Waals surface area contributed by atoms with Crippen LogP contribution in [0.15, 0.2) is 40.2 Å². The van der Waals surface area contributed by atoms with Gasteiger partial charge in [-0.05, 0) is 25.0 Å². The predicted molar refractivity (Wildman–Crippen MR) is 104 cm³/mol. The quantitative estimate of drug-likeness (QED) is 0.438. The summed E-state index contributed by atoms with van der Waals surface area (Å²) in [5, 5.41) is 7.56. The third kappa shape index (κ3) is 5.54. The highest BCUT2D eigenvalue weighted by Crippen LogP contribution is 2.24. The average molecular weight is 384 g/mol. The third-order valence-electron chi connectivity index (χ3n) is 3.89. The van der Waals surface area contributed by atoms with Crippen LogP contribution in [0.4, 0.5) is 0 Å². The van der Waals surface area contributed by atoms with Gasteiger partial charge in [-0.3, -0.25) is 9.79 Å². The monoisotopic (exact) mass is 383 g/mol. The van der Waals surface area contributed by atoms with Crippen molar-refractivity contribution in [1.82, 2.24) is 19.8 Å². The second kappa shape index (κ2) is 9.53. The summed E-state index contributed by atoms with van der Waals surface area (Å²) in [6.07, 6.45) is 3.66. The number of halogens is 2. The molecule has 0 spiro atoms. The number of aliphatic imine (C=N–C) groups is 1. The Balaban J connectivity index is 1.71. The summed E-state index contributed by atoms with van der Waals surface area (Å²) in [5.41, 5.74) is 1.01. The van der Waals surface area contributed by atoms with Gasteiger partial charge < -0.3 is 19.8 Å². The van der Waals surface area contributed by atoms with Crippen molar-refractivity contribution in [2.24, 2.45) is 12.0 Å². The molecule has 2 rings (SSSR count). The van der Waals surface area contributed by atoms with E-state index in [0.29, 0.717) is 29.2 Å². The minimum absolute atomic E-state index is 0.0350. The SMILES string of the molecule is CN=C(NCCCCn1ccccc1=O)NCc1cc(Cl)c(Cl)n1C. The molecule has 0 fully saturated rings. The standard InChI is InChI=1S/C17H23Cl2N5O/c1-20-17(22-12-13-11-14(18)16(19)23(13)2)21-8-4-6-10-24-9-5-3-7-15(24)25/h3,5,7,9,11H,4,6,8,10,12H2,1-2H3,(H2,20,21,22). The molecular formula is C17H23Cl2N5O. The molecule has 0 bridgehead atoms. The number of aryl methyl sites for hydroxylation is 1. The van der Waals surface area contributed by atoms with Crippen LogP contribution in [0.25, 0.3) is 0 Å². The Labute approximate surface area is 157 Å². The van der Waals surface area contributed by atoms with Gasteiger partial charge in [0.25, 0.3) is 0 Å². The molecular weight excluding hydrogens is 361 g/mol. The van der Waals surface area contributed by atoms with Gasteiger partial charge in [0.05, 0.1) is 11.6 Å². The van der Waals surface area contributed by atoms with Crippen molar-refractivity contribution in [1.29, 1.82) is 0 Å². The molecule has 25 heavy (non-hydrogen) atoms. The van der Waals surface area contributed by atoms with Crippen LogP contribution in [-0.4, -0.2) is 28.7 Å². The van der Waals surface area contributed by atoms with Gasteiger partial charge in [0.1, 0.15) is 5.15 Å². The Bertz CT molecular complexity index is 782. The van der Waals surface area contributed by atoms with E-state index in [9.17, 15) is 4.79 Å². The van der Waals surface area contributed by atoms with Crippen molar-refractivity contribution in [2.45, 2.75) is 25.9 Å². The number of pyridine rings is 1. The molecule has 136 valence electrons. The average Bonchev–Trinajstić information content (AvgIpc) is 2.85. The summed E-state index contributed by atoms with van der Waals surface area (Å²) in [6.45, 7) is 2.06. The van der Waals surface area contributed by atoms with E-state index < -0.39 is 0 Å². The van der Waals surface area contributed by atoms with E-state index in [2.05, 4.69) is 15.6 Å². The van der Waals surface area contributed by atoms with Crippen LogP contribution in [0, 0.1) is 0 Å². The van der Waals surface area contributed by atoms with Gasteiger partial charge in [-0.25, -0.2) is 0 Å². The van der Waals surface area contributed by atoms with Crippen molar-refractivity contribution >= 4 is 29.2 Å². The summed E-state index contributed by atoms with van der Waals surface area (Å²) >= 11 is 12.1. The fraction of sp³-hybridized carbons (Fsp3) is 0.412. The number of guanidine groups is 1. The van der Waals surface area contributed by atoms with Gasteiger partial charge in [-0.2, -0.15) is 0 Å². The molecule has 0 aliphatic heterocycles. The molecule has 0 saturated carbocycles. The highest BCUT2D eigenvalue weighted by molar-refractivity contribution is 6.41. The molecule has 2 heterocycles. The maximum Gasteiger partial charge on any atom is 0.250 e. The lowest BCUT2D eigenvalue weighted by molar-refractivity contribution is 0.585. The zero-order valence-corrected chi connectivity index (χ0v) is 15.9. The lowest BCUT2D eigenvalue weighted by Gasteiger charge is -2.12. The minimum Gasteiger partial charge on any atom is -0.356 e. The second-order valence-corrected chi connectivity index (χ2v) is 6.39. The largest absolute Gasteiger partial charge is 0.356 e. The Hall–Kier alpha value is -1.92. The number of hydrogen-bond acceptors (Lipinski definition) is 2. The molecule has 2 N–H and O–H groups in total. The van der Waals surface area contributed by atoms with Crippen molar-refractivity contribution < 1.29 is 0 Å².